The van der Waals surface area contributed by atoms with Gasteiger partial charge in [-0.05, 0) is 40.9 Å². The first-order valence-electron chi connectivity index (χ1n) is 6.94. The van der Waals surface area contributed by atoms with Gasteiger partial charge in [-0.1, -0.05) is 39.0 Å². The van der Waals surface area contributed by atoms with Crippen LogP contribution in [0.4, 0.5) is 0 Å². The molecule has 2 aliphatic rings. The minimum absolute atomic E-state index is 0. The van der Waals surface area contributed by atoms with Gasteiger partial charge in [0, 0.05) is 19.0 Å². The third-order valence-corrected chi connectivity index (χ3v) is 4.91. The van der Waals surface area contributed by atoms with E-state index < -0.39 is 0 Å². The van der Waals surface area contributed by atoms with Gasteiger partial charge in [-0.15, -0.1) is 12.4 Å². The van der Waals surface area contributed by atoms with Crippen molar-refractivity contribution in [1.29, 1.82) is 0 Å². The molecular formula is C16H24ClN. The Morgan fingerprint density at radius 2 is 2.11 bits per heavy atom. The van der Waals surface area contributed by atoms with Crippen molar-refractivity contribution < 1.29 is 0 Å². The monoisotopic (exact) mass is 265 g/mol. The summed E-state index contributed by atoms with van der Waals surface area (Å²) >= 11 is 0. The lowest BCUT2D eigenvalue weighted by Gasteiger charge is -2.38. The van der Waals surface area contributed by atoms with Crippen molar-refractivity contribution in [3.05, 3.63) is 34.9 Å². The first-order valence-corrected chi connectivity index (χ1v) is 6.94. The number of hydrogen-bond donors (Lipinski definition) is 1. The second-order valence-corrected chi connectivity index (χ2v) is 6.41. The minimum atomic E-state index is 0. The Balaban J connectivity index is 0.00000120. The Hall–Kier alpha value is -0.530. The van der Waals surface area contributed by atoms with Crippen molar-refractivity contribution in [3.8, 4) is 0 Å². The van der Waals surface area contributed by atoms with E-state index in [9.17, 15) is 0 Å². The van der Waals surface area contributed by atoms with Crippen molar-refractivity contribution in [2.45, 2.75) is 45.4 Å². The van der Waals surface area contributed by atoms with Crippen LogP contribution >= 0.6 is 12.4 Å². The van der Waals surface area contributed by atoms with Crippen LogP contribution in [-0.4, -0.2) is 13.1 Å². The second kappa shape index (κ2) is 4.86. The number of benzene rings is 1. The van der Waals surface area contributed by atoms with E-state index in [4.69, 9.17) is 0 Å². The van der Waals surface area contributed by atoms with Gasteiger partial charge in [-0.2, -0.15) is 0 Å². The molecule has 2 atom stereocenters. The van der Waals surface area contributed by atoms with Gasteiger partial charge in [0.15, 0.2) is 0 Å². The predicted octanol–water partition coefficient (Wildman–Crippen LogP) is 3.87. The van der Waals surface area contributed by atoms with E-state index in [-0.39, 0.29) is 12.4 Å². The molecule has 3 rings (SSSR count). The Bertz CT molecular complexity index is 441. The van der Waals surface area contributed by atoms with Gasteiger partial charge in [0.1, 0.15) is 0 Å². The van der Waals surface area contributed by atoms with Crippen LogP contribution in [0.1, 0.15) is 55.7 Å². The van der Waals surface area contributed by atoms with Gasteiger partial charge in [0.2, 0.25) is 0 Å². The summed E-state index contributed by atoms with van der Waals surface area (Å²) in [5.41, 5.74) is 5.38. The predicted molar refractivity (Wildman–Crippen MR) is 79.8 cm³/mol. The molecule has 1 nitrogen and oxygen atoms in total. The van der Waals surface area contributed by atoms with E-state index in [1.54, 1.807) is 16.7 Å². The summed E-state index contributed by atoms with van der Waals surface area (Å²) in [5.74, 6) is 1.40. The van der Waals surface area contributed by atoms with E-state index in [0.29, 0.717) is 11.3 Å². The summed E-state index contributed by atoms with van der Waals surface area (Å²) in [6.07, 6.45) is 2.62. The molecule has 1 heterocycles. The molecule has 0 saturated carbocycles. The van der Waals surface area contributed by atoms with Crippen LogP contribution in [0, 0.1) is 5.41 Å². The number of nitrogens with one attached hydrogen (secondary N) is 1. The highest BCUT2D eigenvalue weighted by atomic mass is 35.5. The number of hydrogen-bond acceptors (Lipinski definition) is 1. The lowest BCUT2D eigenvalue weighted by atomic mass is 9.66. The highest BCUT2D eigenvalue weighted by Gasteiger charge is 2.43. The molecule has 0 radical (unpaired) electrons. The van der Waals surface area contributed by atoms with Crippen LogP contribution in [0.3, 0.4) is 0 Å². The average molecular weight is 266 g/mol. The quantitative estimate of drug-likeness (QED) is 0.813. The lowest BCUT2D eigenvalue weighted by Crippen LogP contribution is -2.30. The van der Waals surface area contributed by atoms with Crippen LogP contribution < -0.4 is 5.32 Å². The molecule has 1 aromatic carbocycles. The molecule has 0 amide bonds. The van der Waals surface area contributed by atoms with Gasteiger partial charge >= 0.3 is 0 Å². The van der Waals surface area contributed by atoms with Crippen LogP contribution in [0.25, 0.3) is 0 Å². The molecule has 1 aromatic rings. The third-order valence-electron chi connectivity index (χ3n) is 4.91. The molecule has 2 unspecified atom stereocenters. The molecule has 1 aliphatic carbocycles. The lowest BCUT2D eigenvalue weighted by molar-refractivity contribution is 0.276. The van der Waals surface area contributed by atoms with Crippen LogP contribution in [0.15, 0.2) is 18.2 Å². The molecule has 1 aliphatic heterocycles. The van der Waals surface area contributed by atoms with Gasteiger partial charge in [0.05, 0.1) is 0 Å². The smallest absolute Gasteiger partial charge is 0.00323 e. The molecule has 0 aromatic heterocycles. The molecular weight excluding hydrogens is 242 g/mol. The van der Waals surface area contributed by atoms with Crippen LogP contribution in [0.5, 0.6) is 0 Å². The fourth-order valence-corrected chi connectivity index (χ4v) is 3.81. The standard InChI is InChI=1S/C16H23N.ClH/c1-11(2)12-5-4-6-14-13(12)7-8-16(3)10-17-9-15(14)16;/h4-6,11,15,17H,7-10H2,1-3H3;1H. The zero-order chi connectivity index (χ0) is 12.0. The maximum atomic E-state index is 3.59. The van der Waals surface area contributed by atoms with E-state index in [1.807, 2.05) is 0 Å². The van der Waals surface area contributed by atoms with Crippen molar-refractivity contribution in [2.24, 2.45) is 5.41 Å². The Morgan fingerprint density at radius 3 is 2.83 bits per heavy atom. The Kier molecular flexibility index (Phi) is 3.75. The molecule has 18 heavy (non-hydrogen) atoms. The highest BCUT2D eigenvalue weighted by molar-refractivity contribution is 5.85. The Morgan fingerprint density at radius 1 is 1.33 bits per heavy atom. The molecule has 1 fully saturated rings. The fourth-order valence-electron chi connectivity index (χ4n) is 3.81. The first-order chi connectivity index (χ1) is 8.12. The normalized spacial score (nSPS) is 29.7. The summed E-state index contributed by atoms with van der Waals surface area (Å²) in [5, 5.41) is 3.59. The largest absolute Gasteiger partial charge is 0.316 e. The van der Waals surface area contributed by atoms with Crippen molar-refractivity contribution in [3.63, 3.8) is 0 Å². The molecule has 2 heteroatoms. The SMILES string of the molecule is CC(C)c1cccc2c1CCC1(C)CNCC21.Cl. The maximum absolute atomic E-state index is 3.59. The molecule has 1 N–H and O–H groups in total. The summed E-state index contributed by atoms with van der Waals surface area (Å²) < 4.78 is 0. The first kappa shape index (κ1) is 13.9. The van der Waals surface area contributed by atoms with Gasteiger partial charge in [-0.25, -0.2) is 0 Å². The van der Waals surface area contributed by atoms with Crippen LogP contribution in [-0.2, 0) is 6.42 Å². The van der Waals surface area contributed by atoms with Crippen LogP contribution in [0.2, 0.25) is 0 Å². The molecule has 100 valence electrons. The van der Waals surface area contributed by atoms with Gasteiger partial charge in [-0.3, -0.25) is 0 Å². The highest BCUT2D eigenvalue weighted by Crippen LogP contribution is 2.48. The number of rotatable bonds is 1. The van der Waals surface area contributed by atoms with E-state index >= 15 is 0 Å². The summed E-state index contributed by atoms with van der Waals surface area (Å²) in [7, 11) is 0. The van der Waals surface area contributed by atoms with Gasteiger partial charge < -0.3 is 5.32 Å². The summed E-state index contributed by atoms with van der Waals surface area (Å²) in [6.45, 7) is 9.46. The van der Waals surface area contributed by atoms with E-state index in [1.165, 1.54) is 25.9 Å². The second-order valence-electron chi connectivity index (χ2n) is 6.41. The Labute approximate surface area is 117 Å². The number of halogens is 1. The molecule has 1 saturated heterocycles. The zero-order valence-electron chi connectivity index (χ0n) is 11.6. The van der Waals surface area contributed by atoms with Crippen molar-refractivity contribution in [2.75, 3.05) is 13.1 Å². The molecule has 0 spiro atoms. The molecule has 0 bridgehead atoms. The fraction of sp³-hybridized carbons (Fsp3) is 0.625. The van der Waals surface area contributed by atoms with Gasteiger partial charge in [0.25, 0.3) is 0 Å². The van der Waals surface area contributed by atoms with E-state index in [0.717, 1.165) is 5.92 Å². The zero-order valence-corrected chi connectivity index (χ0v) is 12.4. The number of fused-ring (bicyclic) bond motifs is 3. The third kappa shape index (κ3) is 1.98. The summed E-state index contributed by atoms with van der Waals surface area (Å²) in [6, 6.07) is 6.96. The topological polar surface area (TPSA) is 12.0 Å². The van der Waals surface area contributed by atoms with E-state index in [2.05, 4.69) is 44.3 Å². The minimum Gasteiger partial charge on any atom is -0.316 e. The average Bonchev–Trinajstić information content (AvgIpc) is 2.70. The maximum Gasteiger partial charge on any atom is 0.00323 e. The van der Waals surface area contributed by atoms with Crippen molar-refractivity contribution in [1.82, 2.24) is 5.32 Å². The van der Waals surface area contributed by atoms with Crippen molar-refractivity contribution >= 4 is 12.4 Å². The summed E-state index contributed by atoms with van der Waals surface area (Å²) in [4.78, 5) is 0.